The topological polar surface area (TPSA) is 218 Å². The van der Waals surface area contributed by atoms with Crippen molar-refractivity contribution in [1.82, 2.24) is 19.8 Å². The van der Waals surface area contributed by atoms with E-state index in [1.807, 2.05) is 0 Å². The van der Waals surface area contributed by atoms with Gasteiger partial charge in [0.05, 0.1) is 24.6 Å². The highest BCUT2D eigenvalue weighted by Crippen LogP contribution is 2.32. The third kappa shape index (κ3) is 6.33. The Labute approximate surface area is 249 Å². The second kappa shape index (κ2) is 13.5. The van der Waals surface area contributed by atoms with Crippen molar-refractivity contribution in [2.75, 3.05) is 52.0 Å². The van der Waals surface area contributed by atoms with Crippen LogP contribution in [0.4, 0.5) is 22.7 Å². The van der Waals surface area contributed by atoms with Gasteiger partial charge in [0, 0.05) is 40.6 Å². The van der Waals surface area contributed by atoms with Crippen LogP contribution in [-0.2, 0) is 0 Å². The van der Waals surface area contributed by atoms with Gasteiger partial charge in [0.15, 0.2) is 34.4 Å². The average Bonchev–Trinajstić information content (AvgIpc) is 3.01. The standard InChI is InChI=1S/2C14H15N3O5/c2*1-4-22-13-8(11(19)12(13)20)16-7-5-6-15-9(10(7)18)14(21)17(2)3/h2*5-6,18H,4H2,1-3H3,(H,15,16). The second-order valence-corrected chi connectivity index (χ2v) is 9.35. The Morgan fingerprint density at radius 1 is 0.682 bits per heavy atom. The van der Waals surface area contributed by atoms with Gasteiger partial charge in [-0.1, -0.05) is 0 Å². The molecule has 4 rings (SSSR count). The summed E-state index contributed by atoms with van der Waals surface area (Å²) in [5.74, 6) is -1.95. The first-order chi connectivity index (χ1) is 20.8. The number of nitrogens with one attached hydrogen (secondary N) is 2. The molecule has 16 heteroatoms. The van der Waals surface area contributed by atoms with E-state index in [1.54, 1.807) is 13.8 Å². The third-order valence-electron chi connectivity index (χ3n) is 5.90. The minimum Gasteiger partial charge on any atom is -0.504 e. The summed E-state index contributed by atoms with van der Waals surface area (Å²) in [5, 5.41) is 25.5. The van der Waals surface area contributed by atoms with Crippen LogP contribution in [0.3, 0.4) is 0 Å². The van der Waals surface area contributed by atoms with E-state index in [2.05, 4.69) is 20.6 Å². The number of hydrogen-bond donors (Lipinski definition) is 4. The molecule has 0 saturated carbocycles. The fourth-order valence-corrected chi connectivity index (χ4v) is 3.65. The molecule has 4 aromatic rings. The lowest BCUT2D eigenvalue weighted by Crippen LogP contribution is -2.35. The number of pyridine rings is 2. The number of aromatic nitrogens is 2. The molecule has 0 aliphatic carbocycles. The maximum absolute atomic E-state index is 11.9. The van der Waals surface area contributed by atoms with Crippen molar-refractivity contribution in [3.63, 3.8) is 0 Å². The van der Waals surface area contributed by atoms with E-state index >= 15 is 0 Å². The Bertz CT molecular complexity index is 1710. The molecule has 16 nitrogen and oxygen atoms in total. The highest BCUT2D eigenvalue weighted by molar-refractivity contribution is 5.97. The summed E-state index contributed by atoms with van der Waals surface area (Å²) in [6.07, 6.45) is 2.62. The van der Waals surface area contributed by atoms with E-state index in [1.165, 1.54) is 62.5 Å². The number of carbonyl (C=O) groups excluding carboxylic acids is 2. The molecule has 0 atom stereocenters. The molecule has 2 aromatic heterocycles. The van der Waals surface area contributed by atoms with E-state index in [0.717, 1.165) is 0 Å². The maximum Gasteiger partial charge on any atom is 0.275 e. The molecule has 2 aromatic carbocycles. The highest BCUT2D eigenvalue weighted by Gasteiger charge is 2.26. The summed E-state index contributed by atoms with van der Waals surface area (Å²) in [7, 11) is 6.08. The predicted molar refractivity (Wildman–Crippen MR) is 159 cm³/mol. The molecule has 0 bridgehead atoms. The van der Waals surface area contributed by atoms with E-state index in [-0.39, 0.29) is 58.9 Å². The van der Waals surface area contributed by atoms with E-state index < -0.39 is 45.0 Å². The average molecular weight is 611 g/mol. The van der Waals surface area contributed by atoms with Crippen molar-refractivity contribution in [2.24, 2.45) is 0 Å². The fourth-order valence-electron chi connectivity index (χ4n) is 3.65. The van der Waals surface area contributed by atoms with Crippen LogP contribution in [0, 0.1) is 0 Å². The van der Waals surface area contributed by atoms with Gasteiger partial charge in [0.2, 0.25) is 0 Å². The van der Waals surface area contributed by atoms with Crippen LogP contribution in [0.25, 0.3) is 0 Å². The molecule has 2 amide bonds. The van der Waals surface area contributed by atoms with E-state index in [9.17, 15) is 39.0 Å². The van der Waals surface area contributed by atoms with Crippen molar-refractivity contribution >= 4 is 34.6 Å². The lowest BCUT2D eigenvalue weighted by molar-refractivity contribution is 0.0811. The second-order valence-electron chi connectivity index (χ2n) is 9.35. The van der Waals surface area contributed by atoms with Gasteiger partial charge < -0.3 is 40.1 Å². The van der Waals surface area contributed by atoms with Crippen LogP contribution in [0.15, 0.2) is 43.7 Å². The first kappa shape index (κ1) is 32.7. The Morgan fingerprint density at radius 3 is 1.32 bits per heavy atom. The fraction of sp³-hybridized carbons (Fsp3) is 0.286. The number of rotatable bonds is 10. The number of ether oxygens (including phenoxy) is 2. The summed E-state index contributed by atoms with van der Waals surface area (Å²) in [6.45, 7) is 3.81. The van der Waals surface area contributed by atoms with Crippen LogP contribution in [0.2, 0.25) is 0 Å². The molecule has 0 radical (unpaired) electrons. The zero-order chi connectivity index (χ0) is 32.9. The van der Waals surface area contributed by atoms with Gasteiger partial charge in [0.1, 0.15) is 11.4 Å². The summed E-state index contributed by atoms with van der Waals surface area (Å²) >= 11 is 0. The number of amides is 2. The van der Waals surface area contributed by atoms with Gasteiger partial charge >= 0.3 is 0 Å². The van der Waals surface area contributed by atoms with Crippen molar-refractivity contribution in [3.8, 4) is 23.0 Å². The van der Waals surface area contributed by atoms with Gasteiger partial charge in [-0.2, -0.15) is 0 Å². The number of hydrogen-bond acceptors (Lipinski definition) is 14. The van der Waals surface area contributed by atoms with E-state index in [4.69, 9.17) is 9.47 Å². The molecule has 2 heterocycles. The lowest BCUT2D eigenvalue weighted by Gasteiger charge is -2.16. The monoisotopic (exact) mass is 610 g/mol. The number of anilines is 4. The van der Waals surface area contributed by atoms with Gasteiger partial charge in [-0.25, -0.2) is 9.97 Å². The number of carbonyl (C=O) groups is 2. The minimum atomic E-state index is -0.736. The number of nitrogens with zero attached hydrogens (tertiary/aromatic N) is 4. The van der Waals surface area contributed by atoms with Crippen molar-refractivity contribution in [1.29, 1.82) is 0 Å². The summed E-state index contributed by atoms with van der Waals surface area (Å²) in [4.78, 5) is 79.9. The summed E-state index contributed by atoms with van der Waals surface area (Å²) in [6, 6.07) is 2.77. The molecular formula is C28H30N6O10. The Hall–Kier alpha value is -5.80. The molecule has 232 valence electrons. The minimum absolute atomic E-state index is 0.0448. The SMILES string of the molecule is CCOc1c(Nc2ccnc(C(=O)N(C)C)c2O)c(=O)c1=O.CCOc1c(Nc2ccnc(C(=O)N(C)C)c2O)c(=O)c1=O. The molecule has 4 N–H and O–H groups in total. The van der Waals surface area contributed by atoms with Crippen LogP contribution < -0.4 is 41.8 Å². The zero-order valence-electron chi connectivity index (χ0n) is 24.7. The van der Waals surface area contributed by atoms with Gasteiger partial charge in [-0.3, -0.25) is 28.8 Å². The van der Waals surface area contributed by atoms with E-state index in [0.29, 0.717) is 0 Å². The largest absolute Gasteiger partial charge is 0.504 e. The molecular weight excluding hydrogens is 580 g/mol. The third-order valence-corrected chi connectivity index (χ3v) is 5.90. The zero-order valence-corrected chi connectivity index (χ0v) is 24.7. The smallest absolute Gasteiger partial charge is 0.275 e. The van der Waals surface area contributed by atoms with Crippen LogP contribution in [0.1, 0.15) is 34.8 Å². The summed E-state index contributed by atoms with van der Waals surface area (Å²) < 4.78 is 10.2. The Morgan fingerprint density at radius 2 is 1.02 bits per heavy atom. The maximum atomic E-state index is 11.9. The predicted octanol–water partition coefficient (Wildman–Crippen LogP) is 0.455. The Balaban J connectivity index is 0.000000240. The molecule has 0 unspecified atom stereocenters. The normalized spacial score (nSPS) is 10.5. The molecule has 0 fully saturated rings. The van der Waals surface area contributed by atoms with Crippen LogP contribution >= 0.6 is 0 Å². The molecule has 0 saturated heterocycles. The van der Waals surface area contributed by atoms with Crippen LogP contribution in [-0.4, -0.2) is 83.2 Å². The van der Waals surface area contributed by atoms with Crippen LogP contribution in [0.5, 0.6) is 23.0 Å². The summed E-state index contributed by atoms with van der Waals surface area (Å²) in [5.41, 5.74) is -3.14. The van der Waals surface area contributed by atoms with Crippen molar-refractivity contribution in [3.05, 3.63) is 76.8 Å². The Kier molecular flexibility index (Phi) is 10.0. The van der Waals surface area contributed by atoms with Crippen molar-refractivity contribution < 1.29 is 29.3 Å². The molecule has 0 aliphatic rings. The molecule has 0 aliphatic heterocycles. The highest BCUT2D eigenvalue weighted by atomic mass is 16.5. The first-order valence-electron chi connectivity index (χ1n) is 13.0. The number of aromatic hydroxyl groups is 2. The lowest BCUT2D eigenvalue weighted by atomic mass is 10.2. The van der Waals surface area contributed by atoms with Crippen molar-refractivity contribution in [2.45, 2.75) is 13.8 Å². The van der Waals surface area contributed by atoms with Gasteiger partial charge in [-0.05, 0) is 26.0 Å². The molecule has 0 spiro atoms. The quantitative estimate of drug-likeness (QED) is 0.179. The molecule has 44 heavy (non-hydrogen) atoms. The first-order valence-corrected chi connectivity index (χ1v) is 13.0. The van der Waals surface area contributed by atoms with Gasteiger partial charge in [0.25, 0.3) is 33.5 Å². The van der Waals surface area contributed by atoms with Gasteiger partial charge in [-0.15, -0.1) is 0 Å².